The monoisotopic (exact) mass is 264 g/mol. The standard InChI is InChI=1S/C15H24N2O2/c1-3-9-16-15(19)17-11-14(10-12(2)18)13-7-5-4-6-8-13/h4-8,12,14,18H,3,9-11H2,1-2H3,(H2,16,17,19). The first-order chi connectivity index (χ1) is 9.13. The van der Waals surface area contributed by atoms with E-state index in [9.17, 15) is 9.90 Å². The largest absolute Gasteiger partial charge is 0.393 e. The number of urea groups is 1. The molecule has 4 nitrogen and oxygen atoms in total. The Balaban J connectivity index is 2.53. The number of hydrogen-bond acceptors (Lipinski definition) is 2. The molecule has 3 N–H and O–H groups in total. The van der Waals surface area contributed by atoms with Gasteiger partial charge in [0.05, 0.1) is 6.10 Å². The van der Waals surface area contributed by atoms with Gasteiger partial charge >= 0.3 is 6.03 Å². The fourth-order valence-electron chi connectivity index (χ4n) is 1.99. The van der Waals surface area contributed by atoms with Crippen LogP contribution in [0.5, 0.6) is 0 Å². The summed E-state index contributed by atoms with van der Waals surface area (Å²) >= 11 is 0. The quantitative estimate of drug-likeness (QED) is 0.707. The number of nitrogens with one attached hydrogen (secondary N) is 2. The summed E-state index contributed by atoms with van der Waals surface area (Å²) in [4.78, 5) is 11.5. The SMILES string of the molecule is CCCNC(=O)NCC(CC(C)O)c1ccccc1. The van der Waals surface area contributed by atoms with E-state index in [1.807, 2.05) is 37.3 Å². The fourth-order valence-corrected chi connectivity index (χ4v) is 1.99. The summed E-state index contributed by atoms with van der Waals surface area (Å²) in [5, 5.41) is 15.2. The van der Waals surface area contributed by atoms with Gasteiger partial charge in [-0.05, 0) is 25.3 Å². The van der Waals surface area contributed by atoms with E-state index in [0.29, 0.717) is 19.5 Å². The zero-order chi connectivity index (χ0) is 14.1. The molecule has 0 fully saturated rings. The zero-order valence-corrected chi connectivity index (χ0v) is 11.7. The van der Waals surface area contributed by atoms with Crippen LogP contribution in [-0.2, 0) is 0 Å². The molecule has 0 saturated heterocycles. The van der Waals surface area contributed by atoms with Gasteiger partial charge in [-0.1, -0.05) is 37.3 Å². The van der Waals surface area contributed by atoms with Gasteiger partial charge < -0.3 is 15.7 Å². The van der Waals surface area contributed by atoms with Crippen LogP contribution in [0.15, 0.2) is 30.3 Å². The van der Waals surface area contributed by atoms with Crippen LogP contribution >= 0.6 is 0 Å². The summed E-state index contributed by atoms with van der Waals surface area (Å²) in [6, 6.07) is 9.82. The number of rotatable bonds is 7. The molecule has 0 radical (unpaired) electrons. The van der Waals surface area contributed by atoms with Gasteiger partial charge in [0, 0.05) is 19.0 Å². The highest BCUT2D eigenvalue weighted by Gasteiger charge is 2.15. The maximum atomic E-state index is 11.5. The van der Waals surface area contributed by atoms with Crippen LogP contribution in [-0.4, -0.2) is 30.3 Å². The van der Waals surface area contributed by atoms with Crippen molar-refractivity contribution in [3.8, 4) is 0 Å². The molecule has 1 rings (SSSR count). The van der Waals surface area contributed by atoms with Crippen LogP contribution in [0.25, 0.3) is 0 Å². The number of aliphatic hydroxyl groups is 1. The third-order valence-corrected chi connectivity index (χ3v) is 2.94. The highest BCUT2D eigenvalue weighted by molar-refractivity contribution is 5.73. The minimum atomic E-state index is -0.384. The second-order valence-corrected chi connectivity index (χ2v) is 4.83. The topological polar surface area (TPSA) is 61.4 Å². The summed E-state index contributed by atoms with van der Waals surface area (Å²) in [6.45, 7) is 5.00. The van der Waals surface area contributed by atoms with Crippen LogP contribution in [0, 0.1) is 0 Å². The predicted octanol–water partition coefficient (Wildman–Crippen LogP) is 2.25. The first kappa shape index (κ1) is 15.5. The molecular formula is C15H24N2O2. The van der Waals surface area contributed by atoms with E-state index >= 15 is 0 Å². The molecule has 0 aromatic heterocycles. The second kappa shape index (κ2) is 8.53. The van der Waals surface area contributed by atoms with Crippen molar-refractivity contribution in [2.45, 2.75) is 38.7 Å². The van der Waals surface area contributed by atoms with Crippen molar-refractivity contribution in [2.24, 2.45) is 0 Å². The summed E-state index contributed by atoms with van der Waals surface area (Å²) < 4.78 is 0. The lowest BCUT2D eigenvalue weighted by molar-refractivity contribution is 0.173. The highest BCUT2D eigenvalue weighted by Crippen LogP contribution is 2.20. The molecule has 0 heterocycles. The van der Waals surface area contributed by atoms with Crippen LogP contribution in [0.1, 0.15) is 38.2 Å². The Morgan fingerprint density at radius 1 is 1.26 bits per heavy atom. The van der Waals surface area contributed by atoms with Gasteiger partial charge in [0.2, 0.25) is 0 Å². The van der Waals surface area contributed by atoms with Crippen LogP contribution < -0.4 is 10.6 Å². The maximum Gasteiger partial charge on any atom is 0.314 e. The van der Waals surface area contributed by atoms with E-state index < -0.39 is 0 Å². The minimum absolute atomic E-state index is 0.133. The van der Waals surface area contributed by atoms with Crippen molar-refractivity contribution in [2.75, 3.05) is 13.1 Å². The first-order valence-electron chi connectivity index (χ1n) is 6.88. The lowest BCUT2D eigenvalue weighted by Gasteiger charge is -2.19. The van der Waals surface area contributed by atoms with Gasteiger partial charge in [-0.25, -0.2) is 4.79 Å². The number of aliphatic hydroxyl groups excluding tert-OH is 1. The Kier molecular flexibility index (Phi) is 6.97. The fraction of sp³-hybridized carbons (Fsp3) is 0.533. The molecule has 1 aromatic carbocycles. The number of hydrogen-bond donors (Lipinski definition) is 3. The van der Waals surface area contributed by atoms with E-state index in [1.165, 1.54) is 0 Å². The van der Waals surface area contributed by atoms with Gasteiger partial charge in [-0.3, -0.25) is 0 Å². The van der Waals surface area contributed by atoms with E-state index in [1.54, 1.807) is 6.92 Å². The molecule has 0 spiro atoms. The van der Waals surface area contributed by atoms with Gasteiger partial charge in [0.1, 0.15) is 0 Å². The van der Waals surface area contributed by atoms with Gasteiger partial charge in [-0.2, -0.15) is 0 Å². The second-order valence-electron chi connectivity index (χ2n) is 4.83. The number of carbonyl (C=O) groups excluding carboxylic acids is 1. The smallest absolute Gasteiger partial charge is 0.314 e. The van der Waals surface area contributed by atoms with E-state index in [-0.39, 0.29) is 18.1 Å². The van der Waals surface area contributed by atoms with Crippen molar-refractivity contribution >= 4 is 6.03 Å². The molecule has 19 heavy (non-hydrogen) atoms. The molecule has 0 bridgehead atoms. The van der Waals surface area contributed by atoms with Crippen molar-refractivity contribution < 1.29 is 9.90 Å². The molecule has 0 saturated carbocycles. The van der Waals surface area contributed by atoms with Crippen LogP contribution in [0.3, 0.4) is 0 Å². The maximum absolute atomic E-state index is 11.5. The van der Waals surface area contributed by atoms with Gasteiger partial charge in [0.15, 0.2) is 0 Å². The summed E-state index contributed by atoms with van der Waals surface area (Å²) in [5.41, 5.74) is 1.14. The van der Waals surface area contributed by atoms with Crippen molar-refractivity contribution in [1.29, 1.82) is 0 Å². The van der Waals surface area contributed by atoms with Crippen molar-refractivity contribution in [3.63, 3.8) is 0 Å². The Bertz CT molecular complexity index is 366. The molecule has 0 aliphatic heterocycles. The number of benzene rings is 1. The van der Waals surface area contributed by atoms with E-state index in [0.717, 1.165) is 12.0 Å². The molecule has 0 aliphatic carbocycles. The Hall–Kier alpha value is -1.55. The van der Waals surface area contributed by atoms with Crippen molar-refractivity contribution in [1.82, 2.24) is 10.6 Å². The Labute approximate surface area is 115 Å². The molecule has 2 amide bonds. The van der Waals surface area contributed by atoms with E-state index in [2.05, 4.69) is 10.6 Å². The number of amides is 2. The molecule has 2 atom stereocenters. The van der Waals surface area contributed by atoms with Crippen LogP contribution in [0.4, 0.5) is 4.79 Å². The average molecular weight is 264 g/mol. The summed E-state index contributed by atoms with van der Waals surface area (Å²) in [7, 11) is 0. The summed E-state index contributed by atoms with van der Waals surface area (Å²) in [5.74, 6) is 0.133. The third-order valence-electron chi connectivity index (χ3n) is 2.94. The van der Waals surface area contributed by atoms with Gasteiger partial charge in [0.25, 0.3) is 0 Å². The van der Waals surface area contributed by atoms with Gasteiger partial charge in [-0.15, -0.1) is 0 Å². The Morgan fingerprint density at radius 2 is 1.95 bits per heavy atom. The predicted molar refractivity (Wildman–Crippen MR) is 77.2 cm³/mol. The van der Waals surface area contributed by atoms with Crippen molar-refractivity contribution in [3.05, 3.63) is 35.9 Å². The number of carbonyl (C=O) groups is 1. The molecule has 106 valence electrons. The molecule has 1 aromatic rings. The molecule has 4 heteroatoms. The first-order valence-corrected chi connectivity index (χ1v) is 6.88. The van der Waals surface area contributed by atoms with Crippen LogP contribution in [0.2, 0.25) is 0 Å². The minimum Gasteiger partial charge on any atom is -0.393 e. The normalized spacial score (nSPS) is 13.6. The average Bonchev–Trinajstić information content (AvgIpc) is 2.41. The lowest BCUT2D eigenvalue weighted by atomic mass is 9.93. The molecule has 0 aliphatic rings. The van der Waals surface area contributed by atoms with E-state index in [4.69, 9.17) is 0 Å². The zero-order valence-electron chi connectivity index (χ0n) is 11.7. The molecular weight excluding hydrogens is 240 g/mol. The lowest BCUT2D eigenvalue weighted by Crippen LogP contribution is -2.38. The molecule has 2 unspecified atom stereocenters. The summed E-state index contributed by atoms with van der Waals surface area (Å²) in [6.07, 6.45) is 1.17. The highest BCUT2D eigenvalue weighted by atomic mass is 16.3. The Morgan fingerprint density at radius 3 is 2.53 bits per heavy atom. The third kappa shape index (κ3) is 6.25.